The summed E-state index contributed by atoms with van der Waals surface area (Å²) in [5.41, 5.74) is 3.69. The Kier molecular flexibility index (Phi) is 3.59. The van der Waals surface area contributed by atoms with Crippen molar-refractivity contribution in [3.05, 3.63) is 11.8 Å². The number of nitrogens with zero attached hydrogens (tertiary/aromatic N) is 1. The Hall–Kier alpha value is -1.20. The van der Waals surface area contributed by atoms with Crippen LogP contribution in [-0.4, -0.2) is 26.2 Å². The van der Waals surface area contributed by atoms with Gasteiger partial charge in [0.15, 0.2) is 0 Å². The molecule has 70 valence electrons. The first kappa shape index (κ1) is 10.8. The first-order valence-electron chi connectivity index (χ1n) is 2.97. The lowest BCUT2D eigenvalue weighted by Gasteiger charge is -2.11. The Labute approximate surface area is 67.7 Å². The van der Waals surface area contributed by atoms with Crippen LogP contribution in [0.25, 0.3) is 0 Å². The van der Waals surface area contributed by atoms with Gasteiger partial charge in [-0.15, -0.1) is 0 Å². The lowest BCUT2D eigenvalue weighted by Crippen LogP contribution is -2.22. The van der Waals surface area contributed by atoms with Crippen molar-refractivity contribution in [2.45, 2.75) is 6.18 Å². The standard InChI is InChI=1S/C6H9F3N2O/c1-11-5(12-2)4(3-10)6(7,8)9/h3H,10H2,1-2H3. The summed E-state index contributed by atoms with van der Waals surface area (Å²) in [6.45, 7) is 0. The van der Waals surface area contributed by atoms with Crippen LogP contribution >= 0.6 is 0 Å². The second kappa shape index (κ2) is 3.99. The minimum Gasteiger partial charge on any atom is -0.481 e. The summed E-state index contributed by atoms with van der Waals surface area (Å²) in [5, 5.41) is 0. The van der Waals surface area contributed by atoms with E-state index in [1.54, 1.807) is 0 Å². The molecule has 0 aromatic heterocycles. The lowest BCUT2D eigenvalue weighted by molar-refractivity contribution is -0.0877. The zero-order chi connectivity index (χ0) is 9.78. The topological polar surface area (TPSA) is 47.6 Å². The molecule has 0 spiro atoms. The van der Waals surface area contributed by atoms with Crippen LogP contribution in [0.1, 0.15) is 0 Å². The molecule has 0 aromatic carbocycles. The molecule has 0 aromatic rings. The SMILES string of the molecule is CN=C(OC)C(=CN)C(F)(F)F. The molecule has 6 heteroatoms. The third-order valence-electron chi connectivity index (χ3n) is 1.10. The van der Waals surface area contributed by atoms with Crippen LogP contribution in [0.2, 0.25) is 0 Å². The quantitative estimate of drug-likeness (QED) is 0.487. The molecule has 0 radical (unpaired) electrons. The van der Waals surface area contributed by atoms with Gasteiger partial charge in [0.2, 0.25) is 5.90 Å². The summed E-state index contributed by atoms with van der Waals surface area (Å²) in [4.78, 5) is 3.27. The zero-order valence-corrected chi connectivity index (χ0v) is 6.64. The van der Waals surface area contributed by atoms with E-state index >= 15 is 0 Å². The first-order valence-corrected chi connectivity index (χ1v) is 2.97. The monoisotopic (exact) mass is 182 g/mol. The van der Waals surface area contributed by atoms with Crippen LogP contribution in [0, 0.1) is 0 Å². The predicted octanol–water partition coefficient (Wildman–Crippen LogP) is 1.07. The number of hydrogen-bond acceptors (Lipinski definition) is 3. The highest BCUT2D eigenvalue weighted by Crippen LogP contribution is 2.25. The van der Waals surface area contributed by atoms with E-state index in [1.807, 2.05) is 0 Å². The van der Waals surface area contributed by atoms with E-state index in [0.29, 0.717) is 6.20 Å². The maximum absolute atomic E-state index is 12.0. The van der Waals surface area contributed by atoms with Gasteiger partial charge in [0.05, 0.1) is 7.11 Å². The smallest absolute Gasteiger partial charge is 0.422 e. The van der Waals surface area contributed by atoms with Crippen LogP contribution < -0.4 is 5.73 Å². The van der Waals surface area contributed by atoms with Gasteiger partial charge in [-0.2, -0.15) is 13.2 Å². The molecule has 2 N–H and O–H groups in total. The molecule has 0 rings (SSSR count). The second-order valence-corrected chi connectivity index (χ2v) is 1.81. The average Bonchev–Trinajstić information content (AvgIpc) is 1.97. The maximum Gasteiger partial charge on any atom is 0.422 e. The average molecular weight is 182 g/mol. The third-order valence-corrected chi connectivity index (χ3v) is 1.10. The maximum atomic E-state index is 12.0. The summed E-state index contributed by atoms with van der Waals surface area (Å²) < 4.78 is 40.5. The molecular formula is C6H9F3N2O. The van der Waals surface area contributed by atoms with Gasteiger partial charge in [0.25, 0.3) is 0 Å². The van der Waals surface area contributed by atoms with Gasteiger partial charge in [-0.25, -0.2) is 0 Å². The minimum absolute atomic E-state index is 0.422. The van der Waals surface area contributed by atoms with Gasteiger partial charge in [-0.3, -0.25) is 4.99 Å². The molecule has 0 aliphatic rings. The fraction of sp³-hybridized carbons (Fsp3) is 0.500. The molecule has 0 fully saturated rings. The van der Waals surface area contributed by atoms with E-state index < -0.39 is 17.6 Å². The summed E-state index contributed by atoms with van der Waals surface area (Å²) >= 11 is 0. The summed E-state index contributed by atoms with van der Waals surface area (Å²) in [6, 6.07) is 0. The van der Waals surface area contributed by atoms with Crippen molar-refractivity contribution in [2.24, 2.45) is 10.7 Å². The third kappa shape index (κ3) is 2.44. The van der Waals surface area contributed by atoms with Crippen molar-refractivity contribution < 1.29 is 17.9 Å². The fourth-order valence-electron chi connectivity index (χ4n) is 0.609. The molecule has 0 aliphatic carbocycles. The normalized spacial score (nSPS) is 14.8. The van der Waals surface area contributed by atoms with E-state index in [0.717, 1.165) is 7.11 Å². The Balaban J connectivity index is 4.82. The largest absolute Gasteiger partial charge is 0.481 e. The number of nitrogens with two attached hydrogens (primary N) is 1. The number of halogens is 3. The van der Waals surface area contributed by atoms with Crippen molar-refractivity contribution in [3.8, 4) is 0 Å². The highest BCUT2D eigenvalue weighted by Gasteiger charge is 2.37. The predicted molar refractivity (Wildman–Crippen MR) is 38.7 cm³/mol. The molecule has 0 amide bonds. The van der Waals surface area contributed by atoms with Crippen molar-refractivity contribution in [1.29, 1.82) is 0 Å². The highest BCUT2D eigenvalue weighted by molar-refractivity contribution is 5.94. The highest BCUT2D eigenvalue weighted by atomic mass is 19.4. The molecule has 3 nitrogen and oxygen atoms in total. The first-order chi connectivity index (χ1) is 5.47. The number of alkyl halides is 3. The molecule has 0 saturated heterocycles. The van der Waals surface area contributed by atoms with Crippen molar-refractivity contribution >= 4 is 5.90 Å². The molecular weight excluding hydrogens is 173 g/mol. The van der Waals surface area contributed by atoms with Crippen molar-refractivity contribution in [2.75, 3.05) is 14.2 Å². The Morgan fingerprint density at radius 1 is 1.50 bits per heavy atom. The number of ether oxygens (including phenoxy) is 1. The Morgan fingerprint density at radius 3 is 2.08 bits per heavy atom. The van der Waals surface area contributed by atoms with Crippen LogP contribution in [0.5, 0.6) is 0 Å². The van der Waals surface area contributed by atoms with Gasteiger partial charge in [-0.05, 0) is 0 Å². The van der Waals surface area contributed by atoms with Crippen LogP contribution in [0.15, 0.2) is 16.8 Å². The number of aliphatic imine (C=N–C) groups is 1. The van der Waals surface area contributed by atoms with E-state index in [1.165, 1.54) is 7.05 Å². The second-order valence-electron chi connectivity index (χ2n) is 1.81. The van der Waals surface area contributed by atoms with Gasteiger partial charge >= 0.3 is 6.18 Å². The van der Waals surface area contributed by atoms with Gasteiger partial charge in [0, 0.05) is 13.2 Å². The molecule has 0 aliphatic heterocycles. The molecule has 0 heterocycles. The molecule has 0 unspecified atom stereocenters. The van der Waals surface area contributed by atoms with Crippen LogP contribution in [0.4, 0.5) is 13.2 Å². The zero-order valence-electron chi connectivity index (χ0n) is 6.64. The molecule has 0 saturated carbocycles. The van der Waals surface area contributed by atoms with Crippen LogP contribution in [-0.2, 0) is 4.74 Å². The summed E-state index contributed by atoms with van der Waals surface area (Å²) in [6.07, 6.45) is -4.11. The van der Waals surface area contributed by atoms with Crippen molar-refractivity contribution in [3.63, 3.8) is 0 Å². The number of rotatable bonds is 1. The van der Waals surface area contributed by atoms with E-state index in [4.69, 9.17) is 5.73 Å². The van der Waals surface area contributed by atoms with Gasteiger partial charge in [-0.1, -0.05) is 0 Å². The van der Waals surface area contributed by atoms with Crippen LogP contribution in [0.3, 0.4) is 0 Å². The lowest BCUT2D eigenvalue weighted by atomic mass is 10.3. The number of methoxy groups -OCH3 is 1. The van der Waals surface area contributed by atoms with E-state index in [-0.39, 0.29) is 0 Å². The molecule has 0 atom stereocenters. The van der Waals surface area contributed by atoms with Crippen molar-refractivity contribution in [1.82, 2.24) is 0 Å². The van der Waals surface area contributed by atoms with Gasteiger partial charge in [0.1, 0.15) is 5.57 Å². The number of hydrogen-bond donors (Lipinski definition) is 1. The van der Waals surface area contributed by atoms with E-state index in [9.17, 15) is 13.2 Å². The Bertz CT molecular complexity index is 207. The van der Waals surface area contributed by atoms with Gasteiger partial charge < -0.3 is 10.5 Å². The Morgan fingerprint density at radius 2 is 2.00 bits per heavy atom. The minimum atomic E-state index is -4.53. The summed E-state index contributed by atoms with van der Waals surface area (Å²) in [5.74, 6) is -0.523. The fourth-order valence-corrected chi connectivity index (χ4v) is 0.609. The summed E-state index contributed by atoms with van der Waals surface area (Å²) in [7, 11) is 2.28. The molecule has 0 bridgehead atoms. The molecule has 12 heavy (non-hydrogen) atoms. The van der Waals surface area contributed by atoms with E-state index in [2.05, 4.69) is 9.73 Å².